The van der Waals surface area contributed by atoms with Gasteiger partial charge in [-0.15, -0.1) is 0 Å². The Balaban J connectivity index is 3.32. The van der Waals surface area contributed by atoms with E-state index in [9.17, 15) is 71.2 Å². The van der Waals surface area contributed by atoms with E-state index < -0.39 is 127 Å². The number of carbonyl (C=O) groups is 1. The minimum absolute atomic E-state index is 0.0922. The van der Waals surface area contributed by atoms with Gasteiger partial charge in [0.2, 0.25) is 0 Å². The molecule has 1 rings (SSSR count). The van der Waals surface area contributed by atoms with Gasteiger partial charge in [-0.2, -0.15) is 0 Å². The topological polar surface area (TPSA) is 340 Å². The smallest absolute Gasteiger partial charge is 0.311 e. The second kappa shape index (κ2) is 37.1. The van der Waals surface area contributed by atoms with Crippen molar-refractivity contribution in [3.63, 3.8) is 0 Å². The number of nitrogens with one attached hydrogen (secondary N) is 1. The lowest BCUT2D eigenvalue weighted by molar-refractivity contribution is -0.161. The molecule has 18 heteroatoms. The molecule has 1 aliphatic rings. The number of hydrogen-bond acceptors (Lipinski definition) is 16. The Labute approximate surface area is 442 Å². The van der Waals surface area contributed by atoms with Crippen molar-refractivity contribution in [2.75, 3.05) is 13.6 Å². The molecule has 0 aromatic rings. The van der Waals surface area contributed by atoms with Crippen LogP contribution >= 0.6 is 0 Å². The van der Waals surface area contributed by atoms with Crippen LogP contribution in [-0.4, -0.2) is 177 Å². The van der Waals surface area contributed by atoms with Gasteiger partial charge in [0.05, 0.1) is 79.2 Å². The molecule has 16 N–H and O–H groups in total. The highest BCUT2D eigenvalue weighted by atomic mass is 16.5. The molecule has 0 aromatic heterocycles. The predicted octanol–water partition coefficient (Wildman–Crippen LogP) is 2.91. The zero-order valence-electron chi connectivity index (χ0n) is 46.1. The van der Waals surface area contributed by atoms with Gasteiger partial charge in [-0.05, 0) is 88.9 Å². The van der Waals surface area contributed by atoms with E-state index in [0.29, 0.717) is 11.9 Å². The van der Waals surface area contributed by atoms with Crippen molar-refractivity contribution in [3.05, 3.63) is 48.6 Å². The highest BCUT2D eigenvalue weighted by molar-refractivity contribution is 5.77. The number of ether oxygens (including phenoxy) is 1. The van der Waals surface area contributed by atoms with Gasteiger partial charge >= 0.3 is 5.97 Å². The molecule has 0 saturated heterocycles. The summed E-state index contributed by atoms with van der Waals surface area (Å²) in [6, 6.07) is 0. The summed E-state index contributed by atoms with van der Waals surface area (Å²) >= 11 is 0. The van der Waals surface area contributed by atoms with Crippen LogP contribution in [0.25, 0.3) is 0 Å². The van der Waals surface area contributed by atoms with Crippen LogP contribution in [-0.2, 0) is 9.53 Å². The summed E-state index contributed by atoms with van der Waals surface area (Å²) in [4.78, 5) is 17.7. The second-order valence-corrected chi connectivity index (χ2v) is 22.1. The van der Waals surface area contributed by atoms with Crippen molar-refractivity contribution in [1.82, 2.24) is 5.32 Å². The van der Waals surface area contributed by atoms with Crippen molar-refractivity contribution in [1.29, 1.82) is 0 Å². The molecular weight excluding hydrogens is 955 g/mol. The van der Waals surface area contributed by atoms with E-state index in [-0.39, 0.29) is 56.8 Å². The number of allylic oxidation sites excluding steroid dienone is 4. The monoisotopic (exact) mass is 1060 g/mol. The van der Waals surface area contributed by atoms with E-state index in [2.05, 4.69) is 29.4 Å². The molecule has 0 spiro atoms. The average molecular weight is 1060 g/mol. The summed E-state index contributed by atoms with van der Waals surface area (Å²) in [6.45, 7) is 15.1. The first-order valence-corrected chi connectivity index (χ1v) is 27.4. The van der Waals surface area contributed by atoms with Gasteiger partial charge in [-0.3, -0.25) is 9.79 Å². The number of aliphatic imine (C=N–C) groups is 1. The van der Waals surface area contributed by atoms with Gasteiger partial charge in [0.25, 0.3) is 0 Å². The number of hydrogen-bond donors (Lipinski definition) is 15. The maximum absolute atomic E-state index is 13.8. The molecule has 1 heterocycles. The summed E-state index contributed by atoms with van der Waals surface area (Å²) in [5.41, 5.74) is 5.68. The van der Waals surface area contributed by atoms with Gasteiger partial charge < -0.3 is 82.2 Å². The molecule has 0 fully saturated rings. The molecule has 0 aliphatic carbocycles. The van der Waals surface area contributed by atoms with Crippen LogP contribution in [0.1, 0.15) is 145 Å². The Bertz CT molecular complexity index is 1650. The normalized spacial score (nSPS) is 39.9. The Hall–Kier alpha value is -2.82. The Kier molecular flexibility index (Phi) is 34.7. The maximum atomic E-state index is 13.8. The quantitative estimate of drug-likeness (QED) is 0.0465. The van der Waals surface area contributed by atoms with Crippen molar-refractivity contribution >= 4 is 11.9 Å². The third-order valence-electron chi connectivity index (χ3n) is 15.2. The van der Waals surface area contributed by atoms with E-state index in [1.165, 1.54) is 12.2 Å². The average Bonchev–Trinajstić information content (AvgIpc) is 3.34. The van der Waals surface area contributed by atoms with Crippen molar-refractivity contribution in [2.45, 2.75) is 231 Å². The number of cyclic esters (lactones) is 1. The van der Waals surface area contributed by atoms with Crippen LogP contribution in [0.2, 0.25) is 0 Å². The fourth-order valence-electron chi connectivity index (χ4n) is 9.38. The maximum Gasteiger partial charge on any atom is 0.311 e. The van der Waals surface area contributed by atoms with Crippen LogP contribution < -0.4 is 11.1 Å². The van der Waals surface area contributed by atoms with Gasteiger partial charge in [-0.1, -0.05) is 103 Å². The van der Waals surface area contributed by atoms with E-state index in [1.54, 1.807) is 59.9 Å². The molecule has 1 unspecified atom stereocenters. The van der Waals surface area contributed by atoms with Gasteiger partial charge in [0, 0.05) is 56.5 Å². The number of nitrogens with zero attached hydrogens (tertiary/aromatic N) is 1. The number of aliphatic hydroxyl groups excluding tert-OH is 13. The SMILES string of the molecule is CN=C(N)NCCC/C=C/CCC[C@H](C)C[C@H](C)[C@H]1OC(=O)[C@H](C)[C@H](O)/C=C/[C@H](C)[C@H](O)C[C@H](O)[C@H](C)[C@@H](O)CC[C@H](C)[C@H](O)CC(O)[C@H](O)[C@@H](O)C[C@H](O)C[C@@H](O)C[C@H](O)C[C@@H](O)[C@H](C)[C@H](O)/C=C/C=C/[C@@H]1C. The van der Waals surface area contributed by atoms with Crippen molar-refractivity contribution in [3.8, 4) is 0 Å². The third-order valence-corrected chi connectivity index (χ3v) is 15.2. The largest absolute Gasteiger partial charge is 0.461 e. The fraction of sp³-hybridized carbons (Fsp3) is 0.821. The number of guanidine groups is 1. The number of carbonyl (C=O) groups excluding carboxylic acids is 1. The summed E-state index contributed by atoms with van der Waals surface area (Å²) in [7, 11) is 1.64. The minimum Gasteiger partial charge on any atom is -0.461 e. The second-order valence-electron chi connectivity index (χ2n) is 22.1. The van der Waals surface area contributed by atoms with Crippen molar-refractivity contribution in [2.24, 2.45) is 58.1 Å². The number of unbranched alkanes of at least 4 members (excludes halogenated alkanes) is 2. The molecule has 432 valence electrons. The zero-order chi connectivity index (χ0) is 56.2. The van der Waals surface area contributed by atoms with Gasteiger partial charge in [-0.25, -0.2) is 0 Å². The summed E-state index contributed by atoms with van der Waals surface area (Å²) in [6.07, 6.45) is 1.01. The fourth-order valence-corrected chi connectivity index (χ4v) is 9.38. The molecular formula is C56H103N3O15. The summed E-state index contributed by atoms with van der Waals surface area (Å²) < 4.78 is 6.21. The highest BCUT2D eigenvalue weighted by Crippen LogP contribution is 2.30. The van der Waals surface area contributed by atoms with E-state index in [0.717, 1.165) is 45.1 Å². The number of rotatable bonds is 11. The summed E-state index contributed by atoms with van der Waals surface area (Å²) in [5, 5.41) is 144. The minimum atomic E-state index is -1.75. The van der Waals surface area contributed by atoms with Crippen LogP contribution in [0.4, 0.5) is 0 Å². The Morgan fingerprint density at radius 3 is 1.80 bits per heavy atom. The molecule has 22 atom stereocenters. The zero-order valence-corrected chi connectivity index (χ0v) is 46.1. The number of nitrogens with two attached hydrogens (primary N) is 1. The lowest BCUT2D eigenvalue weighted by Crippen LogP contribution is -2.42. The molecule has 0 saturated carbocycles. The summed E-state index contributed by atoms with van der Waals surface area (Å²) in [5.74, 6) is -3.72. The van der Waals surface area contributed by atoms with Crippen LogP contribution in [0.5, 0.6) is 0 Å². The molecule has 1 aliphatic heterocycles. The lowest BCUT2D eigenvalue weighted by Gasteiger charge is -2.31. The number of aliphatic hydroxyl groups is 13. The molecule has 0 radical (unpaired) electrons. The Morgan fingerprint density at radius 2 is 1.18 bits per heavy atom. The van der Waals surface area contributed by atoms with Crippen LogP contribution in [0.15, 0.2) is 53.6 Å². The highest BCUT2D eigenvalue weighted by Gasteiger charge is 2.34. The first-order chi connectivity index (χ1) is 34.7. The molecule has 0 bridgehead atoms. The first-order valence-electron chi connectivity index (χ1n) is 27.4. The predicted molar refractivity (Wildman–Crippen MR) is 288 cm³/mol. The van der Waals surface area contributed by atoms with E-state index in [1.807, 2.05) is 19.9 Å². The van der Waals surface area contributed by atoms with Gasteiger partial charge in [0.1, 0.15) is 12.2 Å². The molecule has 0 aromatic carbocycles. The lowest BCUT2D eigenvalue weighted by atomic mass is 9.84. The molecule has 18 nitrogen and oxygen atoms in total. The van der Waals surface area contributed by atoms with E-state index in [4.69, 9.17) is 10.5 Å². The molecule has 74 heavy (non-hydrogen) atoms. The van der Waals surface area contributed by atoms with E-state index >= 15 is 0 Å². The third kappa shape index (κ3) is 27.5. The van der Waals surface area contributed by atoms with Gasteiger partial charge in [0.15, 0.2) is 5.96 Å². The first kappa shape index (κ1) is 69.2. The van der Waals surface area contributed by atoms with Crippen LogP contribution in [0, 0.1) is 47.3 Å². The van der Waals surface area contributed by atoms with Crippen molar-refractivity contribution < 1.29 is 75.9 Å². The number of esters is 1. The standard InChI is InChI=1S/C56H103N3O15/c1-33(18-14-12-10-11-13-17-25-59-56(57)58-9)26-37(5)54-36(4)19-15-16-20-44(63)38(6)49(68)29-42(61)27-41(60)28-43(62)30-51(70)53(72)52(71)32-48(67)35(3)21-23-45(64)39(7)50(69)31-47(66)34(2)22-24-46(65)40(8)55(73)74-54/h10-11,15-16,19-20,22,24,33-54,60-72H,12-14,17-18,21,23,25-32H2,1-9H3,(H3,57,58,59)/b11-10+,19-15+,20-16+,24-22+/t33-,34-,35-,36-,37-,38+,39+,40+,41-,42-,43+,44+,45-,46+,47+,48+,49+,50-,51-,52?,53+,54-/m0/s1. The Morgan fingerprint density at radius 1 is 0.635 bits per heavy atom. The molecule has 0 amide bonds. The van der Waals surface area contributed by atoms with Crippen LogP contribution in [0.3, 0.4) is 0 Å².